The molecule has 4 rings (SSSR count). The number of aromatic nitrogens is 1. The van der Waals surface area contributed by atoms with Crippen LogP contribution in [-0.2, 0) is 6.54 Å². The standard InChI is InChI=1S/C24H23N3O4S.ClH/c1-26(13-12-25)24(30)22-20(31-2)19-21(32-22)16-10-6-7-11-17(16)27(23(19)29)14-18(28)15-8-4-3-5-9-15;/h3-11H,12-14,25H2,1-2H3;1H. The lowest BCUT2D eigenvalue weighted by molar-refractivity contribution is 0.0800. The summed E-state index contributed by atoms with van der Waals surface area (Å²) in [6.07, 6.45) is 0. The summed E-state index contributed by atoms with van der Waals surface area (Å²) in [5.74, 6) is -0.204. The number of nitrogens with two attached hydrogens (primary N) is 1. The largest absolute Gasteiger partial charge is 0.494 e. The summed E-state index contributed by atoms with van der Waals surface area (Å²) in [7, 11) is 3.10. The van der Waals surface area contributed by atoms with Gasteiger partial charge in [-0.05, 0) is 6.07 Å². The van der Waals surface area contributed by atoms with Gasteiger partial charge in [-0.25, -0.2) is 0 Å². The van der Waals surface area contributed by atoms with Crippen molar-refractivity contribution in [2.24, 2.45) is 5.73 Å². The summed E-state index contributed by atoms with van der Waals surface area (Å²) >= 11 is 1.22. The zero-order chi connectivity index (χ0) is 22.8. The molecule has 7 nitrogen and oxygen atoms in total. The van der Waals surface area contributed by atoms with E-state index in [-0.39, 0.29) is 42.0 Å². The third-order valence-electron chi connectivity index (χ3n) is 5.37. The van der Waals surface area contributed by atoms with Crippen LogP contribution in [0.2, 0.25) is 0 Å². The predicted octanol–water partition coefficient (Wildman–Crippen LogP) is 3.56. The number of hydrogen-bond donors (Lipinski definition) is 1. The molecule has 1 amide bonds. The van der Waals surface area contributed by atoms with E-state index in [0.29, 0.717) is 39.1 Å². The SMILES string of the molecule is COc1c(C(=O)N(C)CCN)sc2c1c(=O)n(CC(=O)c1ccccc1)c1ccccc21.Cl. The second kappa shape index (κ2) is 10.2. The quantitative estimate of drug-likeness (QED) is 0.404. The molecule has 0 saturated heterocycles. The number of nitrogens with zero attached hydrogens (tertiary/aromatic N) is 2. The van der Waals surface area contributed by atoms with Crippen LogP contribution in [0.25, 0.3) is 21.0 Å². The van der Waals surface area contributed by atoms with Gasteiger partial charge in [-0.2, -0.15) is 0 Å². The molecule has 2 heterocycles. The highest BCUT2D eigenvalue weighted by atomic mass is 35.5. The molecule has 0 aliphatic heterocycles. The lowest BCUT2D eigenvalue weighted by Gasteiger charge is -2.15. The summed E-state index contributed by atoms with van der Waals surface area (Å²) in [5.41, 5.74) is 6.39. The average molecular weight is 486 g/mol. The van der Waals surface area contributed by atoms with Gasteiger partial charge < -0.3 is 15.4 Å². The van der Waals surface area contributed by atoms with E-state index in [9.17, 15) is 14.4 Å². The van der Waals surface area contributed by atoms with E-state index < -0.39 is 0 Å². The highest BCUT2D eigenvalue weighted by Crippen LogP contribution is 2.40. The number of thiophene rings is 1. The number of rotatable bonds is 7. The number of Topliss-reactive ketones (excluding diaryl/α,β-unsaturated/α-hetero) is 1. The number of carbonyl (C=O) groups excluding carboxylic acids is 2. The number of carbonyl (C=O) groups is 2. The fourth-order valence-corrected chi connectivity index (χ4v) is 5.06. The Kier molecular flexibility index (Phi) is 7.53. The number of hydrogen-bond acceptors (Lipinski definition) is 6. The van der Waals surface area contributed by atoms with Crippen LogP contribution in [0.15, 0.2) is 59.4 Å². The molecule has 4 aromatic rings. The number of ether oxygens (including phenoxy) is 1. The minimum absolute atomic E-state index is 0. The Balaban J connectivity index is 0.00000306. The van der Waals surface area contributed by atoms with Gasteiger partial charge in [-0.15, -0.1) is 23.7 Å². The average Bonchev–Trinajstić information content (AvgIpc) is 3.22. The van der Waals surface area contributed by atoms with Crippen molar-refractivity contribution < 1.29 is 14.3 Å². The maximum Gasteiger partial charge on any atom is 0.267 e. The summed E-state index contributed by atoms with van der Waals surface area (Å²) in [6, 6.07) is 16.2. The van der Waals surface area contributed by atoms with E-state index in [1.165, 1.54) is 27.9 Å². The van der Waals surface area contributed by atoms with Crippen molar-refractivity contribution in [2.45, 2.75) is 6.54 Å². The zero-order valence-electron chi connectivity index (χ0n) is 18.2. The molecule has 0 aliphatic rings. The van der Waals surface area contributed by atoms with E-state index in [1.807, 2.05) is 30.3 Å². The first-order valence-electron chi connectivity index (χ1n) is 10.1. The number of benzene rings is 2. The van der Waals surface area contributed by atoms with Gasteiger partial charge in [0.1, 0.15) is 10.3 Å². The first kappa shape index (κ1) is 24.4. The van der Waals surface area contributed by atoms with Crippen LogP contribution < -0.4 is 16.0 Å². The number of pyridine rings is 1. The van der Waals surface area contributed by atoms with Crippen molar-refractivity contribution in [2.75, 3.05) is 27.2 Å². The molecule has 9 heteroatoms. The number of likely N-dealkylation sites (N-methyl/N-ethyl adjacent to an activating group) is 1. The Labute approximate surface area is 200 Å². The lowest BCUT2D eigenvalue weighted by Crippen LogP contribution is -2.31. The van der Waals surface area contributed by atoms with Gasteiger partial charge in [-0.3, -0.25) is 19.0 Å². The minimum atomic E-state index is -0.364. The Morgan fingerprint density at radius 1 is 1.09 bits per heavy atom. The van der Waals surface area contributed by atoms with Crippen LogP contribution in [0.5, 0.6) is 5.75 Å². The Bertz CT molecular complexity index is 1380. The van der Waals surface area contributed by atoms with Gasteiger partial charge in [0, 0.05) is 31.1 Å². The highest BCUT2D eigenvalue weighted by molar-refractivity contribution is 7.22. The fraction of sp³-hybridized carbons (Fsp3) is 0.208. The summed E-state index contributed by atoms with van der Waals surface area (Å²) in [4.78, 5) is 41.4. The van der Waals surface area contributed by atoms with Gasteiger partial charge in [-0.1, -0.05) is 48.5 Å². The summed E-state index contributed by atoms with van der Waals surface area (Å²) in [6.45, 7) is 0.591. The second-order valence-corrected chi connectivity index (χ2v) is 8.40. The fourth-order valence-electron chi connectivity index (χ4n) is 3.77. The molecule has 0 bridgehead atoms. The zero-order valence-corrected chi connectivity index (χ0v) is 19.9. The smallest absolute Gasteiger partial charge is 0.267 e. The number of para-hydroxylation sites is 1. The first-order chi connectivity index (χ1) is 15.5. The number of ketones is 1. The van der Waals surface area contributed by atoms with Gasteiger partial charge in [0.25, 0.3) is 11.5 Å². The number of amides is 1. The Morgan fingerprint density at radius 2 is 1.76 bits per heavy atom. The molecule has 0 saturated carbocycles. The first-order valence-corrected chi connectivity index (χ1v) is 10.9. The van der Waals surface area contributed by atoms with Crippen LogP contribution in [0.4, 0.5) is 0 Å². The molecular formula is C24H24ClN3O4S. The normalized spacial score (nSPS) is 10.8. The van der Waals surface area contributed by atoms with Crippen molar-refractivity contribution in [1.29, 1.82) is 0 Å². The van der Waals surface area contributed by atoms with Crippen LogP contribution in [-0.4, -0.2) is 48.4 Å². The van der Waals surface area contributed by atoms with Crippen molar-refractivity contribution in [3.63, 3.8) is 0 Å². The minimum Gasteiger partial charge on any atom is -0.494 e. The van der Waals surface area contributed by atoms with Crippen molar-refractivity contribution in [3.05, 3.63) is 75.4 Å². The summed E-state index contributed by atoms with van der Waals surface area (Å²) in [5, 5.41) is 1.09. The molecule has 0 radical (unpaired) electrons. The van der Waals surface area contributed by atoms with Crippen LogP contribution >= 0.6 is 23.7 Å². The van der Waals surface area contributed by atoms with E-state index >= 15 is 0 Å². The summed E-state index contributed by atoms with van der Waals surface area (Å²) < 4.78 is 7.68. The third kappa shape index (κ3) is 4.37. The molecular weight excluding hydrogens is 462 g/mol. The molecule has 0 unspecified atom stereocenters. The van der Waals surface area contributed by atoms with E-state index in [4.69, 9.17) is 10.5 Å². The molecule has 33 heavy (non-hydrogen) atoms. The van der Waals surface area contributed by atoms with Crippen molar-refractivity contribution >= 4 is 56.4 Å². The lowest BCUT2D eigenvalue weighted by atomic mass is 10.1. The van der Waals surface area contributed by atoms with E-state index in [2.05, 4.69) is 0 Å². The Hall–Kier alpha value is -3.20. The number of halogens is 1. The molecule has 2 aromatic heterocycles. The van der Waals surface area contributed by atoms with Gasteiger partial charge in [0.15, 0.2) is 11.5 Å². The Morgan fingerprint density at radius 3 is 2.42 bits per heavy atom. The highest BCUT2D eigenvalue weighted by Gasteiger charge is 2.27. The van der Waals surface area contributed by atoms with E-state index in [0.717, 1.165) is 5.39 Å². The second-order valence-electron chi connectivity index (χ2n) is 7.38. The number of methoxy groups -OCH3 is 1. The van der Waals surface area contributed by atoms with Crippen molar-refractivity contribution in [3.8, 4) is 5.75 Å². The third-order valence-corrected chi connectivity index (χ3v) is 6.56. The molecule has 0 fully saturated rings. The molecule has 0 spiro atoms. The van der Waals surface area contributed by atoms with Gasteiger partial charge in [0.05, 0.1) is 23.9 Å². The maximum atomic E-state index is 13.6. The topological polar surface area (TPSA) is 94.6 Å². The van der Waals surface area contributed by atoms with Gasteiger partial charge >= 0.3 is 0 Å². The van der Waals surface area contributed by atoms with Crippen molar-refractivity contribution in [1.82, 2.24) is 9.47 Å². The molecule has 2 N–H and O–H groups in total. The molecule has 172 valence electrons. The van der Waals surface area contributed by atoms with Gasteiger partial charge in [0.2, 0.25) is 0 Å². The van der Waals surface area contributed by atoms with Crippen LogP contribution in [0, 0.1) is 0 Å². The van der Waals surface area contributed by atoms with E-state index in [1.54, 1.807) is 31.3 Å². The predicted molar refractivity (Wildman–Crippen MR) is 134 cm³/mol. The molecule has 0 aliphatic carbocycles. The van der Waals surface area contributed by atoms with Crippen LogP contribution in [0.1, 0.15) is 20.0 Å². The molecule has 0 atom stereocenters. The maximum absolute atomic E-state index is 13.6. The monoisotopic (exact) mass is 485 g/mol. The number of fused-ring (bicyclic) bond motifs is 3. The van der Waals surface area contributed by atoms with Crippen LogP contribution in [0.3, 0.4) is 0 Å². The molecule has 2 aromatic carbocycles.